The first-order chi connectivity index (χ1) is 6.51. The highest BCUT2D eigenvalue weighted by Gasteiger charge is 2.61. The van der Waals surface area contributed by atoms with Crippen LogP contribution in [0.15, 0.2) is 0 Å². The van der Waals surface area contributed by atoms with E-state index in [4.69, 9.17) is 0 Å². The van der Waals surface area contributed by atoms with Gasteiger partial charge in [0.25, 0.3) is 0 Å². The van der Waals surface area contributed by atoms with Crippen LogP contribution in [0.2, 0.25) is 0 Å². The first kappa shape index (κ1) is 17.7. The molecule has 0 bridgehead atoms. The molecular formula is C6H8ClF6NO2. The van der Waals surface area contributed by atoms with E-state index in [2.05, 4.69) is 10.5 Å². The van der Waals surface area contributed by atoms with Gasteiger partial charge in [-0.15, -0.1) is 12.4 Å². The zero-order valence-corrected chi connectivity index (χ0v) is 8.54. The highest BCUT2D eigenvalue weighted by Crippen LogP contribution is 2.40. The van der Waals surface area contributed by atoms with Crippen molar-refractivity contribution in [2.45, 2.75) is 18.4 Å². The standard InChI is InChI=1S/C6H7F6NO2.ClH/c1-15-4(14)2(13)3(5(7,8)9)6(10,11)12;/h2-3H,13H2,1H3;1H/t2-;/m0./s1. The molecule has 0 rings (SSSR count). The van der Waals surface area contributed by atoms with Crippen LogP contribution in [0.25, 0.3) is 0 Å². The lowest BCUT2D eigenvalue weighted by molar-refractivity contribution is -0.289. The molecule has 0 aliphatic heterocycles. The van der Waals surface area contributed by atoms with Crippen molar-refractivity contribution in [3.05, 3.63) is 0 Å². The van der Waals surface area contributed by atoms with E-state index in [1.807, 2.05) is 0 Å². The molecule has 0 spiro atoms. The van der Waals surface area contributed by atoms with E-state index >= 15 is 0 Å². The molecule has 0 aromatic carbocycles. The number of esters is 1. The first-order valence-corrected chi connectivity index (χ1v) is 3.48. The zero-order chi connectivity index (χ0) is 12.4. The summed E-state index contributed by atoms with van der Waals surface area (Å²) >= 11 is 0. The number of hydrogen-bond acceptors (Lipinski definition) is 3. The van der Waals surface area contributed by atoms with Gasteiger partial charge in [-0.3, -0.25) is 4.79 Å². The number of halogens is 7. The van der Waals surface area contributed by atoms with Crippen LogP contribution in [0.5, 0.6) is 0 Å². The Bertz CT molecular complexity index is 226. The molecule has 16 heavy (non-hydrogen) atoms. The van der Waals surface area contributed by atoms with Crippen molar-refractivity contribution >= 4 is 18.4 Å². The Kier molecular flexibility index (Phi) is 6.16. The highest BCUT2D eigenvalue weighted by atomic mass is 35.5. The second kappa shape index (κ2) is 5.58. The average molecular weight is 276 g/mol. The summed E-state index contributed by atoms with van der Waals surface area (Å²) < 4.78 is 75.5. The summed E-state index contributed by atoms with van der Waals surface area (Å²) in [6.45, 7) is 0. The maximum Gasteiger partial charge on any atom is 0.402 e. The van der Waals surface area contributed by atoms with E-state index in [0.29, 0.717) is 7.11 Å². The van der Waals surface area contributed by atoms with E-state index in [-0.39, 0.29) is 12.4 Å². The van der Waals surface area contributed by atoms with Crippen molar-refractivity contribution in [3.8, 4) is 0 Å². The normalized spacial score (nSPS) is 14.3. The summed E-state index contributed by atoms with van der Waals surface area (Å²) in [6.07, 6.45) is -11.3. The van der Waals surface area contributed by atoms with Crippen LogP contribution in [0.3, 0.4) is 0 Å². The lowest BCUT2D eigenvalue weighted by Crippen LogP contribution is -2.52. The molecule has 0 radical (unpaired) electrons. The van der Waals surface area contributed by atoms with Gasteiger partial charge in [-0.05, 0) is 0 Å². The second-order valence-corrected chi connectivity index (χ2v) is 2.61. The minimum absolute atomic E-state index is 0. The summed E-state index contributed by atoms with van der Waals surface area (Å²) in [6, 6.07) is -2.81. The van der Waals surface area contributed by atoms with Crippen LogP contribution in [0.4, 0.5) is 26.3 Å². The van der Waals surface area contributed by atoms with E-state index in [0.717, 1.165) is 0 Å². The summed E-state index contributed by atoms with van der Waals surface area (Å²) in [5, 5.41) is 0. The maximum atomic E-state index is 12.0. The Morgan fingerprint density at radius 2 is 1.44 bits per heavy atom. The maximum absolute atomic E-state index is 12.0. The third-order valence-electron chi connectivity index (χ3n) is 1.54. The predicted molar refractivity (Wildman–Crippen MR) is 42.8 cm³/mol. The molecule has 3 nitrogen and oxygen atoms in total. The third kappa shape index (κ3) is 4.44. The average Bonchev–Trinajstić information content (AvgIpc) is 1.97. The van der Waals surface area contributed by atoms with Crippen molar-refractivity contribution in [3.63, 3.8) is 0 Å². The SMILES string of the molecule is COC(=O)[C@@H](N)C(C(F)(F)F)C(F)(F)F.Cl. The van der Waals surface area contributed by atoms with Crippen LogP contribution >= 0.6 is 12.4 Å². The second-order valence-electron chi connectivity index (χ2n) is 2.61. The quantitative estimate of drug-likeness (QED) is 0.616. The van der Waals surface area contributed by atoms with Gasteiger partial charge >= 0.3 is 18.3 Å². The minimum Gasteiger partial charge on any atom is -0.468 e. The van der Waals surface area contributed by atoms with E-state index < -0.39 is 30.3 Å². The molecule has 0 heterocycles. The van der Waals surface area contributed by atoms with Gasteiger partial charge in [0, 0.05) is 0 Å². The molecule has 1 atom stereocenters. The lowest BCUT2D eigenvalue weighted by atomic mass is 9.99. The topological polar surface area (TPSA) is 52.3 Å². The summed E-state index contributed by atoms with van der Waals surface area (Å²) in [5.41, 5.74) is 4.53. The smallest absolute Gasteiger partial charge is 0.402 e. The number of hydrogen-bond donors (Lipinski definition) is 1. The van der Waals surface area contributed by atoms with Crippen LogP contribution in [0.1, 0.15) is 0 Å². The van der Waals surface area contributed by atoms with Gasteiger partial charge in [-0.2, -0.15) is 26.3 Å². The van der Waals surface area contributed by atoms with Gasteiger partial charge in [0.15, 0.2) is 5.92 Å². The van der Waals surface area contributed by atoms with Crippen LogP contribution in [0, 0.1) is 5.92 Å². The van der Waals surface area contributed by atoms with E-state index in [1.54, 1.807) is 0 Å². The fourth-order valence-electron chi connectivity index (χ4n) is 0.865. The van der Waals surface area contributed by atoms with Crippen LogP contribution in [-0.4, -0.2) is 31.5 Å². The Balaban J connectivity index is 0. The van der Waals surface area contributed by atoms with E-state index in [9.17, 15) is 31.1 Å². The molecule has 10 heteroatoms. The fraction of sp³-hybridized carbons (Fsp3) is 0.833. The number of alkyl halides is 6. The highest BCUT2D eigenvalue weighted by molar-refractivity contribution is 5.85. The Morgan fingerprint density at radius 3 is 1.62 bits per heavy atom. The monoisotopic (exact) mass is 275 g/mol. The van der Waals surface area contributed by atoms with Gasteiger partial charge in [-0.1, -0.05) is 0 Å². The predicted octanol–water partition coefficient (Wildman–Crippen LogP) is 1.65. The number of methoxy groups -OCH3 is 1. The Labute approximate surface area is 92.3 Å². The molecule has 0 unspecified atom stereocenters. The fourth-order valence-corrected chi connectivity index (χ4v) is 0.865. The molecular weight excluding hydrogens is 268 g/mol. The first-order valence-electron chi connectivity index (χ1n) is 3.48. The molecule has 0 aromatic rings. The number of carbonyl (C=O) groups excluding carboxylic acids is 1. The largest absolute Gasteiger partial charge is 0.468 e. The van der Waals surface area contributed by atoms with Gasteiger partial charge < -0.3 is 10.5 Å². The molecule has 0 fully saturated rings. The molecule has 0 saturated heterocycles. The van der Waals surface area contributed by atoms with Crippen LogP contribution < -0.4 is 5.73 Å². The van der Waals surface area contributed by atoms with Crippen LogP contribution in [-0.2, 0) is 9.53 Å². The van der Waals surface area contributed by atoms with Gasteiger partial charge in [-0.25, -0.2) is 0 Å². The number of ether oxygens (including phenoxy) is 1. The summed E-state index contributed by atoms with van der Waals surface area (Å²) in [7, 11) is 0.645. The van der Waals surface area contributed by atoms with Gasteiger partial charge in [0.2, 0.25) is 0 Å². The van der Waals surface area contributed by atoms with E-state index in [1.165, 1.54) is 0 Å². The Morgan fingerprint density at radius 1 is 1.12 bits per heavy atom. The Hall–Kier alpha value is -0.700. The van der Waals surface area contributed by atoms with Crippen molar-refractivity contribution in [2.24, 2.45) is 11.7 Å². The molecule has 98 valence electrons. The number of carbonyl (C=O) groups is 1. The summed E-state index contributed by atoms with van der Waals surface area (Å²) in [5.74, 6) is -5.69. The van der Waals surface area contributed by atoms with Gasteiger partial charge in [0.1, 0.15) is 6.04 Å². The van der Waals surface area contributed by atoms with Crippen molar-refractivity contribution in [1.29, 1.82) is 0 Å². The van der Waals surface area contributed by atoms with Crippen molar-refractivity contribution in [2.75, 3.05) is 7.11 Å². The molecule has 0 aliphatic carbocycles. The molecule has 0 saturated carbocycles. The van der Waals surface area contributed by atoms with Crippen molar-refractivity contribution < 1.29 is 35.9 Å². The molecule has 0 aromatic heterocycles. The third-order valence-corrected chi connectivity index (χ3v) is 1.54. The minimum atomic E-state index is -5.65. The molecule has 0 amide bonds. The summed E-state index contributed by atoms with van der Waals surface area (Å²) in [4.78, 5) is 10.5. The zero-order valence-electron chi connectivity index (χ0n) is 7.72. The number of nitrogens with two attached hydrogens (primary N) is 1. The number of rotatable bonds is 2. The molecule has 0 aliphatic rings. The molecule has 2 N–H and O–H groups in total. The lowest BCUT2D eigenvalue weighted by Gasteiger charge is -2.26. The van der Waals surface area contributed by atoms with Crippen molar-refractivity contribution in [1.82, 2.24) is 0 Å². The van der Waals surface area contributed by atoms with Gasteiger partial charge in [0.05, 0.1) is 7.11 Å².